The molecule has 0 bridgehead atoms. The molecule has 28 heavy (non-hydrogen) atoms. The molecule has 1 aliphatic heterocycles. The lowest BCUT2D eigenvalue weighted by molar-refractivity contribution is -0.125. The number of nitrogens with zero attached hydrogens (tertiary/aromatic N) is 2. The Bertz CT molecular complexity index is 966. The van der Waals surface area contributed by atoms with Gasteiger partial charge in [0.1, 0.15) is 5.54 Å². The molecule has 1 aromatic carbocycles. The zero-order valence-corrected chi connectivity index (χ0v) is 15.2. The number of benzene rings is 1. The number of nitrogens with one attached hydrogen (secondary N) is 1. The first-order valence-corrected chi connectivity index (χ1v) is 8.90. The van der Waals surface area contributed by atoms with E-state index in [4.69, 9.17) is 15.2 Å². The van der Waals surface area contributed by atoms with Crippen LogP contribution in [0.3, 0.4) is 0 Å². The molecular formula is C21H20N4O3. The number of aromatic nitrogens is 2. The predicted molar refractivity (Wildman–Crippen MR) is 102 cm³/mol. The quantitative estimate of drug-likeness (QED) is 0.654. The summed E-state index contributed by atoms with van der Waals surface area (Å²) in [4.78, 5) is 20.9. The Kier molecular flexibility index (Phi) is 4.90. The molecule has 1 atom stereocenters. The summed E-state index contributed by atoms with van der Waals surface area (Å²) in [6.45, 7) is 0.613. The van der Waals surface area contributed by atoms with Crippen LogP contribution in [0.1, 0.15) is 16.7 Å². The smallest absolute Gasteiger partial charge is 0.242 e. The number of amides is 1. The molecule has 0 spiro atoms. The summed E-state index contributed by atoms with van der Waals surface area (Å²) in [5.41, 5.74) is 7.48. The second-order valence-electron chi connectivity index (χ2n) is 6.58. The topological polar surface area (TPSA) is 99.4 Å². The molecule has 0 saturated carbocycles. The Hall–Kier alpha value is -3.45. The highest BCUT2D eigenvalue weighted by Crippen LogP contribution is 2.37. The first-order valence-electron chi connectivity index (χ1n) is 8.90. The lowest BCUT2D eigenvalue weighted by atomic mass is 9.82. The second-order valence-corrected chi connectivity index (χ2v) is 6.58. The van der Waals surface area contributed by atoms with Crippen LogP contribution in [-0.4, -0.2) is 22.7 Å². The fraction of sp³-hybridized carbons (Fsp3) is 0.190. The SMILES string of the molecule is NC(=O)C(Cc1ccncc1)(NCc1ccncc1)c1ccc2c(c1)OCO2. The van der Waals surface area contributed by atoms with Gasteiger partial charge in [0.25, 0.3) is 0 Å². The van der Waals surface area contributed by atoms with Gasteiger partial charge < -0.3 is 15.2 Å². The van der Waals surface area contributed by atoms with Crippen molar-refractivity contribution >= 4 is 5.91 Å². The average Bonchev–Trinajstić information content (AvgIpc) is 3.20. The second kappa shape index (κ2) is 7.66. The van der Waals surface area contributed by atoms with E-state index in [1.54, 1.807) is 30.9 Å². The molecular weight excluding hydrogens is 356 g/mol. The largest absolute Gasteiger partial charge is 0.454 e. The molecule has 0 fully saturated rings. The zero-order chi connectivity index (χ0) is 19.4. The molecule has 0 aliphatic carbocycles. The van der Waals surface area contributed by atoms with Crippen LogP contribution >= 0.6 is 0 Å². The molecule has 4 rings (SSSR count). The Morgan fingerprint density at radius 1 is 0.964 bits per heavy atom. The fourth-order valence-electron chi connectivity index (χ4n) is 3.31. The molecule has 1 aliphatic rings. The number of fused-ring (bicyclic) bond motifs is 1. The van der Waals surface area contributed by atoms with Crippen LogP contribution in [0, 0.1) is 0 Å². The van der Waals surface area contributed by atoms with E-state index in [1.807, 2.05) is 36.4 Å². The van der Waals surface area contributed by atoms with E-state index < -0.39 is 11.4 Å². The molecule has 7 heteroatoms. The number of primary amides is 1. The molecule has 3 N–H and O–H groups in total. The molecule has 0 saturated heterocycles. The van der Waals surface area contributed by atoms with Gasteiger partial charge in [-0.1, -0.05) is 6.07 Å². The number of hydrogen-bond acceptors (Lipinski definition) is 6. The maximum Gasteiger partial charge on any atom is 0.242 e. The standard InChI is InChI=1S/C21H20N4O3/c22-20(26)21(12-15-3-7-23-8-4-15,25-13-16-5-9-24-10-6-16)17-1-2-18-19(11-17)28-14-27-18/h1-11,25H,12-14H2,(H2,22,26). The van der Waals surface area contributed by atoms with Crippen LogP contribution in [-0.2, 0) is 23.3 Å². The zero-order valence-electron chi connectivity index (χ0n) is 15.2. The van der Waals surface area contributed by atoms with E-state index in [2.05, 4.69) is 15.3 Å². The maximum absolute atomic E-state index is 12.8. The predicted octanol–water partition coefficient (Wildman–Crippen LogP) is 1.92. The highest BCUT2D eigenvalue weighted by Gasteiger charge is 2.39. The van der Waals surface area contributed by atoms with Gasteiger partial charge in [-0.25, -0.2) is 0 Å². The van der Waals surface area contributed by atoms with Crippen molar-refractivity contribution < 1.29 is 14.3 Å². The lowest BCUT2D eigenvalue weighted by Crippen LogP contribution is -2.54. The van der Waals surface area contributed by atoms with Crippen molar-refractivity contribution in [3.05, 3.63) is 83.9 Å². The number of nitrogens with two attached hydrogens (primary N) is 1. The minimum atomic E-state index is -1.13. The summed E-state index contributed by atoms with van der Waals surface area (Å²) in [5, 5.41) is 3.39. The van der Waals surface area contributed by atoms with Crippen molar-refractivity contribution in [2.24, 2.45) is 5.73 Å². The third kappa shape index (κ3) is 3.52. The third-order valence-corrected chi connectivity index (χ3v) is 4.85. The molecule has 2 aromatic heterocycles. The minimum absolute atomic E-state index is 0.164. The molecule has 0 radical (unpaired) electrons. The van der Waals surface area contributed by atoms with Crippen LogP contribution in [0.4, 0.5) is 0 Å². The summed E-state index contributed by atoms with van der Waals surface area (Å²) in [7, 11) is 0. The highest BCUT2D eigenvalue weighted by molar-refractivity contribution is 5.87. The monoisotopic (exact) mass is 376 g/mol. The first kappa shape index (κ1) is 17.9. The molecule has 1 unspecified atom stereocenters. The number of pyridine rings is 2. The number of ether oxygens (including phenoxy) is 2. The van der Waals surface area contributed by atoms with E-state index in [1.165, 1.54) is 0 Å². The van der Waals surface area contributed by atoms with E-state index >= 15 is 0 Å². The van der Waals surface area contributed by atoms with Gasteiger partial charge in [-0.15, -0.1) is 0 Å². The van der Waals surface area contributed by atoms with Crippen LogP contribution in [0.5, 0.6) is 11.5 Å². The van der Waals surface area contributed by atoms with Crippen LogP contribution in [0.15, 0.2) is 67.3 Å². The Labute approximate surface area is 162 Å². The number of rotatable bonds is 7. The van der Waals surface area contributed by atoms with Gasteiger partial charge in [-0.2, -0.15) is 0 Å². The average molecular weight is 376 g/mol. The van der Waals surface area contributed by atoms with Crippen molar-refractivity contribution in [2.75, 3.05) is 6.79 Å². The Morgan fingerprint density at radius 3 is 2.29 bits per heavy atom. The first-order chi connectivity index (χ1) is 13.7. The normalized spacial score (nSPS) is 14.4. The molecule has 3 aromatic rings. The molecule has 1 amide bonds. The van der Waals surface area contributed by atoms with Crippen LogP contribution in [0.25, 0.3) is 0 Å². The summed E-state index contributed by atoms with van der Waals surface area (Å²) < 4.78 is 10.9. The number of carbonyl (C=O) groups excluding carboxylic acids is 1. The summed E-state index contributed by atoms with van der Waals surface area (Å²) in [6.07, 6.45) is 7.20. The van der Waals surface area contributed by atoms with E-state index in [0.717, 1.165) is 16.7 Å². The molecule has 7 nitrogen and oxygen atoms in total. The van der Waals surface area contributed by atoms with Gasteiger partial charge in [-0.3, -0.25) is 20.1 Å². The van der Waals surface area contributed by atoms with Crippen molar-refractivity contribution in [3.63, 3.8) is 0 Å². The fourth-order valence-corrected chi connectivity index (χ4v) is 3.31. The van der Waals surface area contributed by atoms with Crippen molar-refractivity contribution in [2.45, 2.75) is 18.5 Å². The van der Waals surface area contributed by atoms with Gasteiger partial charge >= 0.3 is 0 Å². The van der Waals surface area contributed by atoms with Gasteiger partial charge in [-0.05, 0) is 53.1 Å². The maximum atomic E-state index is 12.8. The van der Waals surface area contributed by atoms with Gasteiger partial charge in [0.05, 0.1) is 0 Å². The van der Waals surface area contributed by atoms with E-state index in [0.29, 0.717) is 24.5 Å². The van der Waals surface area contributed by atoms with Gasteiger partial charge in [0.15, 0.2) is 11.5 Å². The number of carbonyl (C=O) groups is 1. The number of hydrogen-bond donors (Lipinski definition) is 2. The third-order valence-electron chi connectivity index (χ3n) is 4.85. The van der Waals surface area contributed by atoms with E-state index in [-0.39, 0.29) is 6.79 Å². The summed E-state index contributed by atoms with van der Waals surface area (Å²) in [5.74, 6) is 0.779. The highest BCUT2D eigenvalue weighted by atomic mass is 16.7. The summed E-state index contributed by atoms with van der Waals surface area (Å²) >= 11 is 0. The van der Waals surface area contributed by atoms with Crippen molar-refractivity contribution in [1.82, 2.24) is 15.3 Å². The van der Waals surface area contributed by atoms with E-state index in [9.17, 15) is 4.79 Å². The lowest BCUT2D eigenvalue weighted by Gasteiger charge is -2.33. The van der Waals surface area contributed by atoms with Crippen molar-refractivity contribution in [1.29, 1.82) is 0 Å². The Balaban J connectivity index is 1.74. The van der Waals surface area contributed by atoms with Crippen LogP contribution in [0.2, 0.25) is 0 Å². The molecule has 3 heterocycles. The van der Waals surface area contributed by atoms with Gasteiger partial charge in [0, 0.05) is 37.8 Å². The Morgan fingerprint density at radius 2 is 1.61 bits per heavy atom. The molecule has 142 valence electrons. The van der Waals surface area contributed by atoms with Gasteiger partial charge in [0.2, 0.25) is 12.7 Å². The van der Waals surface area contributed by atoms with Crippen molar-refractivity contribution in [3.8, 4) is 11.5 Å². The minimum Gasteiger partial charge on any atom is -0.454 e. The van der Waals surface area contributed by atoms with Crippen LogP contribution < -0.4 is 20.5 Å². The summed E-state index contributed by atoms with van der Waals surface area (Å²) in [6, 6.07) is 13.0.